The second-order valence-corrected chi connectivity index (χ2v) is 0.811. The number of rotatable bonds is 2. The number of halogens is 1. The van der Waals surface area contributed by atoms with Crippen LogP contribution in [0.3, 0.4) is 0 Å². The summed E-state index contributed by atoms with van der Waals surface area (Å²) in [4.78, 5) is 0. The molecule has 3 heteroatoms. The first-order valence-electron chi connectivity index (χ1n) is 1.69. The number of nitrogens with zero attached hydrogens (tertiary/aromatic N) is 1. The third-order valence-corrected chi connectivity index (χ3v) is 0.345. The summed E-state index contributed by atoms with van der Waals surface area (Å²) in [6, 6.07) is 0. The Morgan fingerprint density at radius 2 is 2.50 bits per heavy atom. The summed E-state index contributed by atoms with van der Waals surface area (Å²) in [5.41, 5.74) is 0. The lowest BCUT2D eigenvalue weighted by Gasteiger charge is -1.71. The second-order valence-electron chi connectivity index (χ2n) is 0.811. The van der Waals surface area contributed by atoms with Gasteiger partial charge < -0.3 is 0 Å². The van der Waals surface area contributed by atoms with Gasteiger partial charge in [-0.05, 0) is 12.3 Å². The van der Waals surface area contributed by atoms with Gasteiger partial charge in [-0.25, -0.2) is 5.26 Å². The highest BCUT2D eigenvalue weighted by Gasteiger charge is 1.82. The Morgan fingerprint density at radius 1 is 1.83 bits per heavy atom. The minimum Gasteiger partial charge on any atom is -0.252 e. The largest absolute Gasteiger partial charge is 0.257 e. The van der Waals surface area contributed by atoms with Crippen molar-refractivity contribution in [3.8, 4) is 5.97 Å². The van der Waals surface area contributed by atoms with E-state index in [2.05, 4.69) is 0 Å². The fraction of sp³-hybridized carbons (Fsp3) is 0.667. The Bertz CT molecular complexity index is 58.3. The minimum absolute atomic E-state index is 0.260. The smallest absolute Gasteiger partial charge is 0.252 e. The predicted molar refractivity (Wildman–Crippen MR) is 22.1 cm³/mol. The highest BCUT2D eigenvalue weighted by atomic mass is 19.1. The van der Waals surface area contributed by atoms with Gasteiger partial charge in [-0.3, -0.25) is 4.39 Å². The first-order chi connectivity index (χ1) is 2.91. The molecule has 0 aliphatic heterocycles. The highest BCUT2D eigenvalue weighted by Crippen LogP contribution is 1.74. The van der Waals surface area contributed by atoms with E-state index >= 15 is 0 Å². The molecule has 0 unspecified atom stereocenters. The van der Waals surface area contributed by atoms with E-state index < -0.39 is 6.67 Å². The summed E-state index contributed by atoms with van der Waals surface area (Å²) in [6.45, 7) is -0.423. The molecule has 0 aliphatic carbocycles. The van der Waals surface area contributed by atoms with Gasteiger partial charge in [-0.2, -0.15) is 0 Å². The summed E-state index contributed by atoms with van der Waals surface area (Å²) in [5, 5.41) is 7.73. The van der Waals surface area contributed by atoms with Crippen LogP contribution in [0.1, 0.15) is 0 Å². The number of hydrogen-bond donors (Lipinski definition) is 0. The van der Waals surface area contributed by atoms with E-state index in [1.807, 2.05) is 0 Å². The second kappa shape index (κ2) is 4.48. The van der Waals surface area contributed by atoms with Gasteiger partial charge in [0.2, 0.25) is 0 Å². The van der Waals surface area contributed by atoms with E-state index in [1.165, 1.54) is 7.28 Å². The molecule has 0 amide bonds. The Labute approximate surface area is 37.0 Å². The monoisotopic (exact) mass is 84.0 g/mol. The van der Waals surface area contributed by atoms with Crippen LogP contribution in [0.5, 0.6) is 0 Å². The Hall–Kier alpha value is -0.515. The Morgan fingerprint density at radius 3 is 2.67 bits per heavy atom. The maximum Gasteiger partial charge on any atom is 0.257 e. The molecular weight excluding hydrogens is 79.8 g/mol. The molecular formula is C3H4BFN. The van der Waals surface area contributed by atoms with Crippen LogP contribution in [0, 0.1) is 11.2 Å². The Kier molecular flexibility index (Phi) is 4.10. The highest BCUT2D eigenvalue weighted by molar-refractivity contribution is 6.45. The van der Waals surface area contributed by atoms with E-state index in [0.29, 0.717) is 0 Å². The third kappa shape index (κ3) is 3.48. The SMILES string of the molecule is N#C[B]CCF. The Balaban J connectivity index is 2.54. The van der Waals surface area contributed by atoms with Crippen molar-refractivity contribution in [2.24, 2.45) is 0 Å². The van der Waals surface area contributed by atoms with Crippen LogP contribution in [0.4, 0.5) is 4.39 Å². The van der Waals surface area contributed by atoms with Gasteiger partial charge in [0.05, 0.1) is 6.67 Å². The van der Waals surface area contributed by atoms with Crippen LogP contribution >= 0.6 is 0 Å². The lowest BCUT2D eigenvalue weighted by Crippen LogP contribution is -1.83. The van der Waals surface area contributed by atoms with Crippen molar-refractivity contribution in [3.63, 3.8) is 0 Å². The number of alkyl halides is 1. The van der Waals surface area contributed by atoms with Gasteiger partial charge in [-0.15, -0.1) is 0 Å². The molecule has 0 aromatic carbocycles. The van der Waals surface area contributed by atoms with Crippen molar-refractivity contribution in [2.75, 3.05) is 6.67 Å². The summed E-state index contributed by atoms with van der Waals surface area (Å²) >= 11 is 0. The van der Waals surface area contributed by atoms with Gasteiger partial charge in [0.15, 0.2) is 0 Å². The zero-order valence-electron chi connectivity index (χ0n) is 3.32. The van der Waals surface area contributed by atoms with Crippen LogP contribution in [0.2, 0.25) is 6.32 Å². The van der Waals surface area contributed by atoms with Crippen molar-refractivity contribution in [3.05, 3.63) is 0 Å². The van der Waals surface area contributed by atoms with Crippen LogP contribution < -0.4 is 0 Å². The fourth-order valence-electron chi connectivity index (χ4n) is 0.119. The molecule has 1 nitrogen and oxygen atoms in total. The molecule has 31 valence electrons. The summed E-state index contributed by atoms with van der Waals surface area (Å²) < 4.78 is 11.0. The summed E-state index contributed by atoms with van der Waals surface area (Å²) in [5.74, 6) is 1.70. The molecule has 0 aliphatic rings. The lowest BCUT2D eigenvalue weighted by molar-refractivity contribution is 0.526. The molecule has 6 heavy (non-hydrogen) atoms. The zero-order valence-corrected chi connectivity index (χ0v) is 3.32. The molecule has 0 bridgehead atoms. The van der Waals surface area contributed by atoms with Crippen molar-refractivity contribution in [1.82, 2.24) is 0 Å². The van der Waals surface area contributed by atoms with Crippen molar-refractivity contribution in [1.29, 1.82) is 5.26 Å². The first kappa shape index (κ1) is 5.48. The van der Waals surface area contributed by atoms with Crippen molar-refractivity contribution in [2.45, 2.75) is 6.32 Å². The maximum atomic E-state index is 11.0. The molecule has 1 radical (unpaired) electrons. The minimum atomic E-state index is -0.423. The van der Waals surface area contributed by atoms with E-state index in [0.717, 1.165) is 0 Å². The van der Waals surface area contributed by atoms with E-state index in [4.69, 9.17) is 5.26 Å². The van der Waals surface area contributed by atoms with Gasteiger partial charge in [0.1, 0.15) is 0 Å². The van der Waals surface area contributed by atoms with E-state index in [1.54, 1.807) is 5.97 Å². The predicted octanol–water partition coefficient (Wildman–Crippen LogP) is 0.559. The molecule has 0 rings (SSSR count). The molecule has 0 spiro atoms. The van der Waals surface area contributed by atoms with Gasteiger partial charge >= 0.3 is 0 Å². The maximum absolute atomic E-state index is 11.0. The van der Waals surface area contributed by atoms with Gasteiger partial charge in [0, 0.05) is 0 Å². The number of hydrogen-bond acceptors (Lipinski definition) is 1. The first-order valence-corrected chi connectivity index (χ1v) is 1.69. The van der Waals surface area contributed by atoms with Crippen LogP contribution in [-0.4, -0.2) is 14.0 Å². The van der Waals surface area contributed by atoms with Gasteiger partial charge in [-0.1, -0.05) is 0 Å². The fourth-order valence-corrected chi connectivity index (χ4v) is 0.119. The molecule has 0 fully saturated rings. The average molecular weight is 83.9 g/mol. The summed E-state index contributed by atoms with van der Waals surface area (Å²) in [6.07, 6.45) is 0.260. The van der Waals surface area contributed by atoms with Crippen LogP contribution in [0.25, 0.3) is 0 Å². The molecule has 0 N–H and O–H groups in total. The average Bonchev–Trinajstić information content (AvgIpc) is 1.61. The van der Waals surface area contributed by atoms with E-state index in [-0.39, 0.29) is 6.32 Å². The molecule has 0 aromatic heterocycles. The number of nitriles is 1. The zero-order chi connectivity index (χ0) is 4.83. The van der Waals surface area contributed by atoms with Gasteiger partial charge in [0.25, 0.3) is 7.28 Å². The topological polar surface area (TPSA) is 23.8 Å². The van der Waals surface area contributed by atoms with Crippen molar-refractivity contribution < 1.29 is 4.39 Å². The quantitative estimate of drug-likeness (QED) is 0.354. The standard InChI is InChI=1S/C3H4BFN/c5-2-1-4-3-6/h1-2H2. The van der Waals surface area contributed by atoms with E-state index in [9.17, 15) is 4.39 Å². The van der Waals surface area contributed by atoms with Crippen LogP contribution in [-0.2, 0) is 0 Å². The lowest BCUT2D eigenvalue weighted by atomic mass is 9.78. The molecule has 0 saturated carbocycles. The molecule has 0 saturated heterocycles. The summed E-state index contributed by atoms with van der Waals surface area (Å²) in [7, 11) is 1.24. The third-order valence-electron chi connectivity index (χ3n) is 0.345. The van der Waals surface area contributed by atoms with Crippen molar-refractivity contribution >= 4 is 7.28 Å². The molecule has 0 atom stereocenters. The normalized spacial score (nSPS) is 6.67. The van der Waals surface area contributed by atoms with Crippen LogP contribution in [0.15, 0.2) is 0 Å². The molecule has 0 heterocycles. The molecule has 0 aromatic rings.